The van der Waals surface area contributed by atoms with E-state index in [9.17, 15) is 24.3 Å². The Morgan fingerprint density at radius 2 is 1.43 bits per heavy atom. The molecule has 7 nitrogen and oxygen atoms in total. The standard InChI is InChI=1S/C20H36N2O5.C3H8/c1-13(2)9-7-8-10-16(23)21-12-17(24)22-15(11-14(3)4)18(25)20(5,6)19(26)27;1-3-2/h13-15H,7-12H2,1-6H3,(H,21,23)(H,22,24)(H,26,27);3H2,1-2H3. The summed E-state index contributed by atoms with van der Waals surface area (Å²) >= 11 is 0. The second-order valence-corrected chi connectivity index (χ2v) is 9.17. The van der Waals surface area contributed by atoms with Crippen LogP contribution in [0.4, 0.5) is 0 Å². The summed E-state index contributed by atoms with van der Waals surface area (Å²) in [5, 5.41) is 14.4. The van der Waals surface area contributed by atoms with Gasteiger partial charge in [0.15, 0.2) is 5.78 Å². The number of amides is 2. The van der Waals surface area contributed by atoms with Gasteiger partial charge in [0, 0.05) is 6.42 Å². The molecule has 0 spiro atoms. The molecule has 0 aromatic carbocycles. The van der Waals surface area contributed by atoms with Gasteiger partial charge in [0.05, 0.1) is 12.6 Å². The molecule has 0 heterocycles. The predicted octanol–water partition coefficient (Wildman–Crippen LogP) is 3.95. The van der Waals surface area contributed by atoms with Gasteiger partial charge in [-0.3, -0.25) is 19.2 Å². The van der Waals surface area contributed by atoms with Crippen LogP contribution in [0.2, 0.25) is 0 Å². The summed E-state index contributed by atoms with van der Waals surface area (Å²) in [5.41, 5.74) is -1.59. The van der Waals surface area contributed by atoms with Gasteiger partial charge in [-0.15, -0.1) is 0 Å². The van der Waals surface area contributed by atoms with Gasteiger partial charge in [-0.05, 0) is 38.5 Å². The van der Waals surface area contributed by atoms with Gasteiger partial charge in [-0.25, -0.2) is 0 Å². The lowest BCUT2D eigenvalue weighted by atomic mass is 9.82. The number of nitrogens with one attached hydrogen (secondary N) is 2. The number of carbonyl (C=O) groups is 4. The third-order valence-electron chi connectivity index (χ3n) is 4.39. The van der Waals surface area contributed by atoms with Gasteiger partial charge in [-0.1, -0.05) is 60.8 Å². The lowest BCUT2D eigenvalue weighted by Gasteiger charge is -2.26. The van der Waals surface area contributed by atoms with Crippen LogP contribution >= 0.6 is 0 Å². The molecule has 0 bridgehead atoms. The SMILES string of the molecule is CC(C)CCCCC(=O)NCC(=O)NC(CC(C)C)C(=O)C(C)(C)C(=O)O.CCC. The molecule has 1 unspecified atom stereocenters. The number of aliphatic carboxylic acids is 1. The fourth-order valence-corrected chi connectivity index (χ4v) is 2.59. The molecular formula is C23H44N2O5. The van der Waals surface area contributed by atoms with E-state index in [2.05, 4.69) is 38.3 Å². The molecule has 0 aromatic rings. The molecule has 0 saturated carbocycles. The van der Waals surface area contributed by atoms with Crippen LogP contribution in [0.15, 0.2) is 0 Å². The van der Waals surface area contributed by atoms with Crippen molar-refractivity contribution in [1.29, 1.82) is 0 Å². The second kappa shape index (κ2) is 15.9. The molecule has 0 rings (SSSR count). The molecule has 0 aliphatic rings. The first kappa shape index (κ1) is 30.3. The lowest BCUT2D eigenvalue weighted by molar-refractivity contribution is -0.154. The summed E-state index contributed by atoms with van der Waals surface area (Å²) in [6.45, 7) is 14.7. The maximum Gasteiger partial charge on any atom is 0.316 e. The first-order valence-electron chi connectivity index (χ1n) is 11.1. The van der Waals surface area contributed by atoms with Crippen LogP contribution in [0.3, 0.4) is 0 Å². The zero-order valence-electron chi connectivity index (χ0n) is 20.3. The first-order chi connectivity index (χ1) is 13.8. The average molecular weight is 429 g/mol. The summed E-state index contributed by atoms with van der Waals surface area (Å²) in [6, 6.07) is -0.897. The van der Waals surface area contributed by atoms with E-state index in [-0.39, 0.29) is 18.4 Å². The van der Waals surface area contributed by atoms with Crippen molar-refractivity contribution in [3.05, 3.63) is 0 Å². The Hall–Kier alpha value is -1.92. The zero-order valence-corrected chi connectivity index (χ0v) is 20.3. The van der Waals surface area contributed by atoms with Crippen molar-refractivity contribution in [2.24, 2.45) is 17.3 Å². The number of rotatable bonds is 13. The van der Waals surface area contributed by atoms with Crippen molar-refractivity contribution in [3.63, 3.8) is 0 Å². The van der Waals surface area contributed by atoms with Gasteiger partial charge in [0.1, 0.15) is 5.41 Å². The number of unbranched alkanes of at least 4 members (excludes halogenated alkanes) is 1. The molecule has 0 saturated heterocycles. The molecule has 7 heteroatoms. The van der Waals surface area contributed by atoms with Crippen LogP contribution in [0, 0.1) is 17.3 Å². The molecule has 0 aliphatic heterocycles. The summed E-state index contributed by atoms with van der Waals surface area (Å²) in [6.07, 6.45) is 4.75. The molecule has 0 radical (unpaired) electrons. The third kappa shape index (κ3) is 14.1. The highest BCUT2D eigenvalue weighted by atomic mass is 16.4. The number of ketones is 1. The van der Waals surface area contributed by atoms with Crippen molar-refractivity contribution in [3.8, 4) is 0 Å². The van der Waals surface area contributed by atoms with E-state index in [1.165, 1.54) is 20.3 Å². The largest absolute Gasteiger partial charge is 0.481 e. The van der Waals surface area contributed by atoms with Crippen molar-refractivity contribution in [2.75, 3.05) is 6.54 Å². The van der Waals surface area contributed by atoms with Crippen LogP contribution in [0.25, 0.3) is 0 Å². The Morgan fingerprint density at radius 3 is 1.87 bits per heavy atom. The minimum absolute atomic E-state index is 0.0967. The molecule has 3 N–H and O–H groups in total. The first-order valence-corrected chi connectivity index (χ1v) is 11.1. The van der Waals surface area contributed by atoms with Gasteiger partial charge < -0.3 is 15.7 Å². The van der Waals surface area contributed by atoms with E-state index in [0.717, 1.165) is 19.3 Å². The van der Waals surface area contributed by atoms with Gasteiger partial charge in [0.2, 0.25) is 11.8 Å². The maximum atomic E-state index is 12.6. The van der Waals surface area contributed by atoms with E-state index in [1.807, 2.05) is 13.8 Å². The van der Waals surface area contributed by atoms with Crippen molar-refractivity contribution < 1.29 is 24.3 Å². The summed E-state index contributed by atoms with van der Waals surface area (Å²) in [5.74, 6) is -1.77. The Balaban J connectivity index is 0. The Kier molecular flexibility index (Phi) is 16.0. The van der Waals surface area contributed by atoms with Gasteiger partial charge in [-0.2, -0.15) is 0 Å². The smallest absolute Gasteiger partial charge is 0.316 e. The number of carbonyl (C=O) groups excluding carboxylic acids is 3. The molecule has 0 aliphatic carbocycles. The number of Topliss-reactive ketones (excluding diaryl/α,β-unsaturated/α-hetero) is 1. The summed E-state index contributed by atoms with van der Waals surface area (Å²) in [7, 11) is 0. The van der Waals surface area contributed by atoms with Crippen LogP contribution in [-0.2, 0) is 19.2 Å². The number of carboxylic acids is 1. The fraction of sp³-hybridized carbons (Fsp3) is 0.826. The van der Waals surface area contributed by atoms with Gasteiger partial charge in [0.25, 0.3) is 0 Å². The normalized spacial score (nSPS) is 12.1. The molecular weight excluding hydrogens is 384 g/mol. The van der Waals surface area contributed by atoms with E-state index in [4.69, 9.17) is 0 Å². The maximum absolute atomic E-state index is 12.6. The monoisotopic (exact) mass is 428 g/mol. The zero-order chi connectivity index (χ0) is 23.9. The molecule has 0 fully saturated rings. The Labute approximate surface area is 182 Å². The van der Waals surface area contributed by atoms with Crippen molar-refractivity contribution in [1.82, 2.24) is 10.6 Å². The number of carboxylic acid groups (broad SMARTS) is 1. The molecule has 176 valence electrons. The molecule has 0 aromatic heterocycles. The second-order valence-electron chi connectivity index (χ2n) is 9.17. The van der Waals surface area contributed by atoms with E-state index in [1.54, 1.807) is 0 Å². The lowest BCUT2D eigenvalue weighted by Crippen LogP contribution is -2.51. The van der Waals surface area contributed by atoms with Crippen LogP contribution in [0.1, 0.15) is 93.9 Å². The summed E-state index contributed by atoms with van der Waals surface area (Å²) in [4.78, 5) is 47.8. The molecule has 2 amide bonds. The van der Waals surface area contributed by atoms with Crippen LogP contribution in [0.5, 0.6) is 0 Å². The van der Waals surface area contributed by atoms with E-state index >= 15 is 0 Å². The minimum Gasteiger partial charge on any atom is -0.481 e. The van der Waals surface area contributed by atoms with E-state index in [0.29, 0.717) is 18.8 Å². The highest BCUT2D eigenvalue weighted by Gasteiger charge is 2.40. The quantitative estimate of drug-likeness (QED) is 0.304. The average Bonchev–Trinajstić information content (AvgIpc) is 2.62. The van der Waals surface area contributed by atoms with E-state index < -0.39 is 29.1 Å². The van der Waals surface area contributed by atoms with Crippen molar-refractivity contribution >= 4 is 23.6 Å². The molecule has 30 heavy (non-hydrogen) atoms. The van der Waals surface area contributed by atoms with Crippen LogP contribution in [-0.4, -0.2) is 41.3 Å². The topological polar surface area (TPSA) is 113 Å². The fourth-order valence-electron chi connectivity index (χ4n) is 2.59. The Bertz CT molecular complexity index is 542. The highest BCUT2D eigenvalue weighted by molar-refractivity contribution is 6.06. The van der Waals surface area contributed by atoms with Crippen molar-refractivity contribution in [2.45, 2.75) is 100.0 Å². The third-order valence-corrected chi connectivity index (χ3v) is 4.39. The predicted molar refractivity (Wildman–Crippen MR) is 120 cm³/mol. The highest BCUT2D eigenvalue weighted by Crippen LogP contribution is 2.21. The minimum atomic E-state index is -1.59. The number of hydrogen-bond donors (Lipinski definition) is 3. The van der Waals surface area contributed by atoms with Crippen LogP contribution < -0.4 is 10.6 Å². The number of hydrogen-bond acceptors (Lipinski definition) is 4. The summed E-state index contributed by atoms with van der Waals surface area (Å²) < 4.78 is 0. The Morgan fingerprint density at radius 1 is 0.900 bits per heavy atom. The molecule has 1 atom stereocenters. The van der Waals surface area contributed by atoms with Gasteiger partial charge >= 0.3 is 5.97 Å².